The Balaban J connectivity index is 1.52. The summed E-state index contributed by atoms with van der Waals surface area (Å²) in [5.41, 5.74) is 1.65. The van der Waals surface area contributed by atoms with Gasteiger partial charge in [0.25, 0.3) is 0 Å². The van der Waals surface area contributed by atoms with Gasteiger partial charge in [-0.1, -0.05) is 30.3 Å². The van der Waals surface area contributed by atoms with Crippen molar-refractivity contribution < 1.29 is 8.81 Å². The van der Waals surface area contributed by atoms with Gasteiger partial charge in [-0.2, -0.15) is 4.80 Å². The summed E-state index contributed by atoms with van der Waals surface area (Å²) >= 11 is 0. The number of aromatic nitrogens is 5. The predicted molar refractivity (Wildman–Crippen MR) is 84.3 cm³/mol. The van der Waals surface area contributed by atoms with Gasteiger partial charge in [-0.15, -0.1) is 10.2 Å². The summed E-state index contributed by atoms with van der Waals surface area (Å²) < 4.78 is 18.7. The van der Waals surface area contributed by atoms with Gasteiger partial charge in [0.05, 0.1) is 6.20 Å². The van der Waals surface area contributed by atoms with Crippen LogP contribution < -0.4 is 0 Å². The highest BCUT2D eigenvalue weighted by Crippen LogP contribution is 2.20. The molecule has 0 amide bonds. The van der Waals surface area contributed by atoms with Crippen molar-refractivity contribution in [3.05, 3.63) is 72.5 Å². The van der Waals surface area contributed by atoms with E-state index in [9.17, 15) is 4.39 Å². The molecule has 0 aliphatic carbocycles. The molecule has 4 rings (SSSR count). The Hall–Kier alpha value is -3.35. The third-order valence-corrected chi connectivity index (χ3v) is 3.44. The first-order valence-corrected chi connectivity index (χ1v) is 7.32. The third kappa shape index (κ3) is 2.91. The maximum atomic E-state index is 13.0. The molecule has 2 heterocycles. The summed E-state index contributed by atoms with van der Waals surface area (Å²) in [6.07, 6.45) is 1.67. The van der Waals surface area contributed by atoms with Crippen molar-refractivity contribution in [2.75, 3.05) is 0 Å². The van der Waals surface area contributed by atoms with E-state index in [4.69, 9.17) is 4.42 Å². The molecule has 0 unspecified atom stereocenters. The monoisotopic (exact) mass is 321 g/mol. The Bertz CT molecular complexity index is 947. The lowest BCUT2D eigenvalue weighted by Crippen LogP contribution is -2.04. The second-order valence-corrected chi connectivity index (χ2v) is 5.13. The molecule has 7 heteroatoms. The van der Waals surface area contributed by atoms with Crippen LogP contribution in [0.2, 0.25) is 0 Å². The van der Waals surface area contributed by atoms with Crippen LogP contribution in [0.4, 0.5) is 4.39 Å². The van der Waals surface area contributed by atoms with Crippen molar-refractivity contribution in [2.24, 2.45) is 0 Å². The quantitative estimate of drug-likeness (QED) is 0.577. The van der Waals surface area contributed by atoms with E-state index in [1.807, 2.05) is 30.3 Å². The molecule has 0 spiro atoms. The zero-order valence-corrected chi connectivity index (χ0v) is 12.5. The van der Waals surface area contributed by atoms with E-state index in [0.717, 1.165) is 5.56 Å². The molecule has 4 aromatic rings. The number of rotatable bonds is 4. The zero-order chi connectivity index (χ0) is 16.4. The van der Waals surface area contributed by atoms with E-state index in [1.54, 1.807) is 18.3 Å². The van der Waals surface area contributed by atoms with Gasteiger partial charge in [-0.3, -0.25) is 0 Å². The molecule has 0 fully saturated rings. The number of hydrogen-bond donors (Lipinski definition) is 0. The highest BCUT2D eigenvalue weighted by atomic mass is 19.1. The summed E-state index contributed by atoms with van der Waals surface area (Å²) in [5, 5.41) is 12.2. The average molecular weight is 321 g/mol. The van der Waals surface area contributed by atoms with Crippen LogP contribution >= 0.6 is 0 Å². The lowest BCUT2D eigenvalue weighted by molar-refractivity contribution is 0.447. The van der Waals surface area contributed by atoms with E-state index in [2.05, 4.69) is 20.4 Å². The minimum Gasteiger partial charge on any atom is -0.439 e. The predicted octanol–water partition coefficient (Wildman–Crippen LogP) is 3.18. The molecule has 0 saturated heterocycles. The normalized spacial score (nSPS) is 10.9. The van der Waals surface area contributed by atoms with Crippen molar-refractivity contribution in [1.82, 2.24) is 25.2 Å². The van der Waals surface area contributed by atoms with Crippen LogP contribution in [0.3, 0.4) is 0 Å². The Morgan fingerprint density at radius 2 is 1.75 bits per heavy atom. The molecule has 0 aliphatic heterocycles. The van der Waals surface area contributed by atoms with Gasteiger partial charge in [0.15, 0.2) is 5.76 Å². The van der Waals surface area contributed by atoms with Crippen LogP contribution in [0, 0.1) is 5.82 Å². The highest BCUT2D eigenvalue weighted by molar-refractivity contribution is 5.55. The van der Waals surface area contributed by atoms with Crippen LogP contribution in [0.25, 0.3) is 22.7 Å². The fourth-order valence-corrected chi connectivity index (χ4v) is 2.26. The topological polar surface area (TPSA) is 69.6 Å². The zero-order valence-electron chi connectivity index (χ0n) is 12.5. The second-order valence-electron chi connectivity index (χ2n) is 5.13. The molecular weight excluding hydrogens is 309 g/mol. The Morgan fingerprint density at radius 3 is 2.54 bits per heavy atom. The standard InChI is InChI=1S/C17H12FN5O/c18-14-8-6-13(7-9-14)17-20-22-23(21-17)11-16-19-10-15(24-16)12-4-2-1-3-5-12/h1-10H,11H2. The van der Waals surface area contributed by atoms with Gasteiger partial charge in [-0.05, 0) is 29.5 Å². The maximum Gasteiger partial charge on any atom is 0.218 e. The first-order valence-electron chi connectivity index (χ1n) is 7.32. The Labute approximate surface area is 136 Å². The highest BCUT2D eigenvalue weighted by Gasteiger charge is 2.10. The number of halogens is 1. The maximum absolute atomic E-state index is 13.0. The van der Waals surface area contributed by atoms with E-state index >= 15 is 0 Å². The van der Waals surface area contributed by atoms with Gasteiger partial charge < -0.3 is 4.42 Å². The molecule has 6 nitrogen and oxygen atoms in total. The van der Waals surface area contributed by atoms with Crippen LogP contribution in [0.1, 0.15) is 5.89 Å². The lowest BCUT2D eigenvalue weighted by atomic mass is 10.2. The van der Waals surface area contributed by atoms with Crippen molar-refractivity contribution in [3.63, 3.8) is 0 Å². The van der Waals surface area contributed by atoms with Gasteiger partial charge in [0.2, 0.25) is 11.7 Å². The smallest absolute Gasteiger partial charge is 0.218 e. The number of benzene rings is 2. The van der Waals surface area contributed by atoms with Crippen LogP contribution in [-0.4, -0.2) is 25.2 Å². The van der Waals surface area contributed by atoms with E-state index in [1.165, 1.54) is 16.9 Å². The lowest BCUT2D eigenvalue weighted by Gasteiger charge is -1.96. The van der Waals surface area contributed by atoms with Gasteiger partial charge in [-0.25, -0.2) is 9.37 Å². The molecule has 0 saturated carbocycles. The SMILES string of the molecule is Fc1ccc(-c2nnn(Cc3ncc(-c4ccccc4)o3)n2)cc1. The van der Waals surface area contributed by atoms with Crippen LogP contribution in [0.15, 0.2) is 65.2 Å². The third-order valence-electron chi connectivity index (χ3n) is 3.44. The van der Waals surface area contributed by atoms with Crippen molar-refractivity contribution in [1.29, 1.82) is 0 Å². The molecule has 0 N–H and O–H groups in total. The largest absolute Gasteiger partial charge is 0.439 e. The van der Waals surface area contributed by atoms with Crippen molar-refractivity contribution in [3.8, 4) is 22.7 Å². The van der Waals surface area contributed by atoms with Gasteiger partial charge in [0, 0.05) is 11.1 Å². The van der Waals surface area contributed by atoms with Gasteiger partial charge >= 0.3 is 0 Å². The minimum atomic E-state index is -0.306. The summed E-state index contributed by atoms with van der Waals surface area (Å²) in [5.74, 6) is 1.28. The van der Waals surface area contributed by atoms with Crippen molar-refractivity contribution in [2.45, 2.75) is 6.54 Å². The summed E-state index contributed by atoms with van der Waals surface area (Å²) in [4.78, 5) is 5.62. The van der Waals surface area contributed by atoms with E-state index in [-0.39, 0.29) is 12.4 Å². The van der Waals surface area contributed by atoms with Crippen molar-refractivity contribution >= 4 is 0 Å². The summed E-state index contributed by atoms with van der Waals surface area (Å²) in [6.45, 7) is 0.265. The molecule has 118 valence electrons. The number of hydrogen-bond acceptors (Lipinski definition) is 5. The molecule has 2 aromatic carbocycles. The number of oxazole rings is 1. The molecule has 0 aliphatic rings. The minimum absolute atomic E-state index is 0.265. The Morgan fingerprint density at radius 1 is 0.958 bits per heavy atom. The fourth-order valence-electron chi connectivity index (χ4n) is 2.26. The molecule has 24 heavy (non-hydrogen) atoms. The second kappa shape index (κ2) is 6.04. The molecule has 0 atom stereocenters. The summed E-state index contributed by atoms with van der Waals surface area (Å²) in [6, 6.07) is 15.6. The van der Waals surface area contributed by atoms with E-state index < -0.39 is 0 Å². The van der Waals surface area contributed by atoms with E-state index in [0.29, 0.717) is 23.0 Å². The van der Waals surface area contributed by atoms with Gasteiger partial charge in [0.1, 0.15) is 12.4 Å². The number of tetrazole rings is 1. The molecule has 2 aromatic heterocycles. The summed E-state index contributed by atoms with van der Waals surface area (Å²) in [7, 11) is 0. The first-order chi connectivity index (χ1) is 11.8. The average Bonchev–Trinajstić information content (AvgIpc) is 3.27. The van der Waals surface area contributed by atoms with Crippen LogP contribution in [0.5, 0.6) is 0 Å². The fraction of sp³-hybridized carbons (Fsp3) is 0.0588. The molecule has 0 radical (unpaired) electrons. The van der Waals surface area contributed by atoms with Crippen LogP contribution in [-0.2, 0) is 6.54 Å². The number of nitrogens with zero attached hydrogens (tertiary/aromatic N) is 5. The molecular formula is C17H12FN5O. The first kappa shape index (κ1) is 14.3. The Kier molecular flexibility index (Phi) is 3.59. The molecule has 0 bridgehead atoms.